The number of halogens is 1. The van der Waals surface area contributed by atoms with Gasteiger partial charge in [-0.25, -0.2) is 0 Å². The Bertz CT molecular complexity index is 386. The molecule has 0 bridgehead atoms. The Morgan fingerprint density at radius 2 is 2.15 bits per heavy atom. The number of guanidine groups is 1. The standard InChI is InChI=1S/C15H25N3S.HI/c1-12(14-9-6-10-19-14)11-17-15(16-2)18-13-7-4-3-5-8-13;/h6,9-10,12-13H,3-5,7-8,11H2,1-2H3,(H2,16,17,18);1H. The number of rotatable bonds is 4. The Kier molecular flexibility index (Phi) is 8.52. The molecule has 1 unspecified atom stereocenters. The van der Waals surface area contributed by atoms with Crippen LogP contribution in [-0.2, 0) is 0 Å². The predicted octanol–water partition coefficient (Wildman–Crippen LogP) is 3.97. The van der Waals surface area contributed by atoms with Crippen molar-refractivity contribution in [3.8, 4) is 0 Å². The summed E-state index contributed by atoms with van der Waals surface area (Å²) in [5.74, 6) is 1.49. The summed E-state index contributed by atoms with van der Waals surface area (Å²) >= 11 is 1.83. The molecule has 0 aliphatic heterocycles. The molecule has 2 rings (SSSR count). The van der Waals surface area contributed by atoms with Crippen molar-refractivity contribution in [3.05, 3.63) is 22.4 Å². The zero-order chi connectivity index (χ0) is 13.5. The Morgan fingerprint density at radius 3 is 2.75 bits per heavy atom. The van der Waals surface area contributed by atoms with E-state index >= 15 is 0 Å². The van der Waals surface area contributed by atoms with Crippen molar-refractivity contribution in [1.29, 1.82) is 0 Å². The van der Waals surface area contributed by atoms with Crippen LogP contribution in [0.5, 0.6) is 0 Å². The van der Waals surface area contributed by atoms with Crippen LogP contribution in [0.2, 0.25) is 0 Å². The lowest BCUT2D eigenvalue weighted by Gasteiger charge is -2.25. The van der Waals surface area contributed by atoms with Gasteiger partial charge in [0, 0.05) is 30.4 Å². The fourth-order valence-electron chi connectivity index (χ4n) is 2.56. The highest BCUT2D eigenvalue weighted by molar-refractivity contribution is 14.0. The molecule has 1 aromatic rings. The molecule has 0 aromatic carbocycles. The largest absolute Gasteiger partial charge is 0.356 e. The normalized spacial score (nSPS) is 18.2. The lowest BCUT2D eigenvalue weighted by molar-refractivity contribution is 0.410. The fourth-order valence-corrected chi connectivity index (χ4v) is 3.34. The van der Waals surface area contributed by atoms with Crippen LogP contribution in [0.3, 0.4) is 0 Å². The number of hydrogen-bond donors (Lipinski definition) is 2. The molecular formula is C15H26IN3S. The minimum absolute atomic E-state index is 0. The Balaban J connectivity index is 0.00000200. The Morgan fingerprint density at radius 1 is 1.40 bits per heavy atom. The molecule has 0 amide bonds. The summed E-state index contributed by atoms with van der Waals surface area (Å²) in [4.78, 5) is 5.76. The summed E-state index contributed by atoms with van der Waals surface area (Å²) in [5.41, 5.74) is 0. The molecule has 114 valence electrons. The first kappa shape index (κ1) is 17.8. The first-order valence-corrected chi connectivity index (χ1v) is 8.18. The van der Waals surface area contributed by atoms with Gasteiger partial charge in [-0.1, -0.05) is 32.3 Å². The zero-order valence-electron chi connectivity index (χ0n) is 12.4. The van der Waals surface area contributed by atoms with Crippen molar-refractivity contribution in [2.45, 2.75) is 51.0 Å². The summed E-state index contributed by atoms with van der Waals surface area (Å²) in [6.07, 6.45) is 6.64. The van der Waals surface area contributed by atoms with Crippen molar-refractivity contribution in [1.82, 2.24) is 10.6 Å². The minimum atomic E-state index is 0. The average Bonchev–Trinajstić information content (AvgIpc) is 2.98. The number of thiophene rings is 1. The monoisotopic (exact) mass is 407 g/mol. The molecule has 2 N–H and O–H groups in total. The van der Waals surface area contributed by atoms with Crippen molar-refractivity contribution in [2.75, 3.05) is 13.6 Å². The highest BCUT2D eigenvalue weighted by Gasteiger charge is 2.15. The molecule has 5 heteroatoms. The van der Waals surface area contributed by atoms with Crippen LogP contribution >= 0.6 is 35.3 Å². The summed E-state index contributed by atoms with van der Waals surface area (Å²) in [6, 6.07) is 4.93. The molecule has 1 heterocycles. The zero-order valence-corrected chi connectivity index (χ0v) is 15.5. The molecule has 1 atom stereocenters. The van der Waals surface area contributed by atoms with E-state index in [2.05, 4.69) is 40.1 Å². The average molecular weight is 407 g/mol. The predicted molar refractivity (Wildman–Crippen MR) is 99.5 cm³/mol. The number of nitrogens with zero attached hydrogens (tertiary/aromatic N) is 1. The van der Waals surface area contributed by atoms with Crippen LogP contribution in [0.1, 0.15) is 49.8 Å². The van der Waals surface area contributed by atoms with Gasteiger partial charge >= 0.3 is 0 Å². The smallest absolute Gasteiger partial charge is 0.191 e. The molecule has 1 aromatic heterocycles. The van der Waals surface area contributed by atoms with E-state index < -0.39 is 0 Å². The van der Waals surface area contributed by atoms with Crippen LogP contribution in [0.15, 0.2) is 22.5 Å². The lowest BCUT2D eigenvalue weighted by atomic mass is 9.96. The highest BCUT2D eigenvalue weighted by Crippen LogP contribution is 2.20. The van der Waals surface area contributed by atoms with Crippen molar-refractivity contribution >= 4 is 41.3 Å². The van der Waals surface area contributed by atoms with E-state index in [1.54, 1.807) is 0 Å². The molecule has 0 spiro atoms. The van der Waals surface area contributed by atoms with Gasteiger partial charge in [0.25, 0.3) is 0 Å². The number of aliphatic imine (C=N–C) groups is 1. The Hall–Kier alpha value is -0.300. The van der Waals surface area contributed by atoms with Crippen LogP contribution < -0.4 is 10.6 Å². The van der Waals surface area contributed by atoms with Crippen LogP contribution in [0, 0.1) is 0 Å². The van der Waals surface area contributed by atoms with Crippen LogP contribution in [0.4, 0.5) is 0 Å². The second-order valence-electron chi connectivity index (χ2n) is 5.35. The van der Waals surface area contributed by atoms with E-state index in [4.69, 9.17) is 0 Å². The van der Waals surface area contributed by atoms with E-state index in [0.29, 0.717) is 12.0 Å². The van der Waals surface area contributed by atoms with Gasteiger partial charge in [-0.05, 0) is 24.3 Å². The summed E-state index contributed by atoms with van der Waals surface area (Å²) in [7, 11) is 1.86. The first-order valence-electron chi connectivity index (χ1n) is 7.30. The number of nitrogens with one attached hydrogen (secondary N) is 2. The summed E-state index contributed by atoms with van der Waals surface area (Å²) in [6.45, 7) is 3.19. The van der Waals surface area contributed by atoms with Crippen molar-refractivity contribution < 1.29 is 0 Å². The third kappa shape index (κ3) is 5.60. The molecule has 1 fully saturated rings. The minimum Gasteiger partial charge on any atom is -0.356 e. The fraction of sp³-hybridized carbons (Fsp3) is 0.667. The van der Waals surface area contributed by atoms with Gasteiger partial charge in [-0.3, -0.25) is 4.99 Å². The molecule has 0 radical (unpaired) electrons. The third-order valence-electron chi connectivity index (χ3n) is 3.77. The third-order valence-corrected chi connectivity index (χ3v) is 4.88. The summed E-state index contributed by atoms with van der Waals surface area (Å²) in [5, 5.41) is 9.14. The van der Waals surface area contributed by atoms with Gasteiger partial charge in [0.05, 0.1) is 0 Å². The molecular weight excluding hydrogens is 381 g/mol. The SMILES string of the molecule is CN=C(NCC(C)c1cccs1)NC1CCCCC1.I. The highest BCUT2D eigenvalue weighted by atomic mass is 127. The molecule has 3 nitrogen and oxygen atoms in total. The quantitative estimate of drug-likeness (QED) is 0.450. The maximum Gasteiger partial charge on any atom is 0.191 e. The molecule has 1 aliphatic carbocycles. The lowest BCUT2D eigenvalue weighted by Crippen LogP contribution is -2.45. The van der Waals surface area contributed by atoms with E-state index in [9.17, 15) is 0 Å². The molecule has 1 saturated carbocycles. The van der Waals surface area contributed by atoms with Crippen molar-refractivity contribution in [2.24, 2.45) is 4.99 Å². The van der Waals surface area contributed by atoms with E-state index in [1.807, 2.05) is 18.4 Å². The summed E-state index contributed by atoms with van der Waals surface area (Å²) < 4.78 is 0. The Labute approximate surface area is 143 Å². The van der Waals surface area contributed by atoms with Gasteiger partial charge < -0.3 is 10.6 Å². The van der Waals surface area contributed by atoms with Crippen LogP contribution in [0.25, 0.3) is 0 Å². The maximum atomic E-state index is 4.33. The topological polar surface area (TPSA) is 36.4 Å². The second-order valence-corrected chi connectivity index (χ2v) is 6.33. The maximum absolute atomic E-state index is 4.33. The number of hydrogen-bond acceptors (Lipinski definition) is 2. The van der Waals surface area contributed by atoms with Crippen LogP contribution in [-0.4, -0.2) is 25.6 Å². The molecule has 20 heavy (non-hydrogen) atoms. The molecule has 0 saturated heterocycles. The molecule has 1 aliphatic rings. The van der Waals surface area contributed by atoms with Gasteiger partial charge in [0.1, 0.15) is 0 Å². The van der Waals surface area contributed by atoms with Gasteiger partial charge in [-0.2, -0.15) is 0 Å². The van der Waals surface area contributed by atoms with Gasteiger partial charge in [-0.15, -0.1) is 35.3 Å². The van der Waals surface area contributed by atoms with E-state index in [1.165, 1.54) is 37.0 Å². The van der Waals surface area contributed by atoms with Gasteiger partial charge in [0.2, 0.25) is 0 Å². The van der Waals surface area contributed by atoms with Gasteiger partial charge in [0.15, 0.2) is 5.96 Å². The van der Waals surface area contributed by atoms with E-state index in [0.717, 1.165) is 12.5 Å². The van der Waals surface area contributed by atoms with Crippen molar-refractivity contribution in [3.63, 3.8) is 0 Å². The second kappa shape index (κ2) is 9.60. The van der Waals surface area contributed by atoms with E-state index in [-0.39, 0.29) is 24.0 Å². The first-order chi connectivity index (χ1) is 9.29.